The second-order valence-electron chi connectivity index (χ2n) is 7.58. The number of carbonyl (C=O) groups is 1. The van der Waals surface area contributed by atoms with Crippen LogP contribution in [0.2, 0.25) is 0 Å². The Kier molecular flexibility index (Phi) is 6.14. The highest BCUT2D eigenvalue weighted by molar-refractivity contribution is 7.16. The zero-order valence-corrected chi connectivity index (χ0v) is 18.6. The quantitative estimate of drug-likeness (QED) is 0.559. The van der Waals surface area contributed by atoms with Crippen molar-refractivity contribution < 1.29 is 18.0 Å². The van der Waals surface area contributed by atoms with Crippen molar-refractivity contribution in [1.82, 2.24) is 14.9 Å². The van der Waals surface area contributed by atoms with Crippen LogP contribution in [0.1, 0.15) is 28.6 Å². The van der Waals surface area contributed by atoms with E-state index < -0.39 is 24.7 Å². The predicted octanol–water partition coefficient (Wildman–Crippen LogP) is 5.24. The van der Waals surface area contributed by atoms with Gasteiger partial charge in [-0.05, 0) is 31.7 Å². The fourth-order valence-electron chi connectivity index (χ4n) is 3.94. The molecule has 0 bridgehead atoms. The third-order valence-corrected chi connectivity index (χ3v) is 7.08. The van der Waals surface area contributed by atoms with Crippen molar-refractivity contribution in [1.29, 1.82) is 0 Å². The fourth-order valence-corrected chi connectivity index (χ4v) is 5.60. The molecule has 0 unspecified atom stereocenters. The van der Waals surface area contributed by atoms with E-state index in [4.69, 9.17) is 0 Å². The van der Waals surface area contributed by atoms with Crippen molar-refractivity contribution in [2.45, 2.75) is 38.4 Å². The van der Waals surface area contributed by atoms with Gasteiger partial charge in [-0.1, -0.05) is 30.3 Å². The minimum absolute atomic E-state index is 0.131. The minimum atomic E-state index is -4.37. The highest BCUT2D eigenvalue weighted by Gasteiger charge is 2.43. The summed E-state index contributed by atoms with van der Waals surface area (Å²) in [5.74, 6) is -0.588. The van der Waals surface area contributed by atoms with Crippen LogP contribution in [-0.2, 0) is 4.79 Å². The molecule has 0 aliphatic carbocycles. The van der Waals surface area contributed by atoms with Crippen LogP contribution in [0.15, 0.2) is 35.7 Å². The number of amides is 1. The van der Waals surface area contributed by atoms with Crippen molar-refractivity contribution in [2.24, 2.45) is 0 Å². The van der Waals surface area contributed by atoms with Crippen molar-refractivity contribution in [3.63, 3.8) is 0 Å². The molecule has 3 heterocycles. The molecular weight excluding hydrogens is 445 g/mol. The van der Waals surface area contributed by atoms with E-state index in [2.05, 4.69) is 15.3 Å². The number of alkyl halides is 3. The van der Waals surface area contributed by atoms with E-state index in [0.29, 0.717) is 17.2 Å². The molecule has 2 aromatic heterocycles. The van der Waals surface area contributed by atoms with Crippen LogP contribution in [0.5, 0.6) is 0 Å². The predicted molar refractivity (Wildman–Crippen MR) is 117 cm³/mol. The number of nitrogens with zero attached hydrogens (tertiary/aromatic N) is 3. The first-order chi connectivity index (χ1) is 14.7. The number of hydrogen-bond acceptors (Lipinski definition) is 6. The summed E-state index contributed by atoms with van der Waals surface area (Å²) in [5, 5.41) is 5.85. The van der Waals surface area contributed by atoms with Gasteiger partial charge in [-0.3, -0.25) is 9.69 Å². The lowest BCUT2D eigenvalue weighted by molar-refractivity contribution is -0.150. The second kappa shape index (κ2) is 8.68. The zero-order chi connectivity index (χ0) is 22.2. The first-order valence-electron chi connectivity index (χ1n) is 9.76. The Morgan fingerprint density at radius 3 is 2.61 bits per heavy atom. The summed E-state index contributed by atoms with van der Waals surface area (Å²) in [6, 6.07) is 8.50. The summed E-state index contributed by atoms with van der Waals surface area (Å²) < 4.78 is 39.4. The normalized spacial score (nSPS) is 19.6. The number of thiazole rings is 2. The highest BCUT2D eigenvalue weighted by atomic mass is 32.1. The Hall–Kier alpha value is -2.30. The van der Waals surface area contributed by atoms with Crippen molar-refractivity contribution in [2.75, 3.05) is 18.4 Å². The first kappa shape index (κ1) is 21.9. The van der Waals surface area contributed by atoms with Crippen LogP contribution in [0, 0.1) is 13.8 Å². The second-order valence-corrected chi connectivity index (χ2v) is 9.64. The topological polar surface area (TPSA) is 58.1 Å². The molecule has 164 valence electrons. The number of hydrogen-bond donors (Lipinski definition) is 1. The van der Waals surface area contributed by atoms with Crippen molar-refractivity contribution in [3.05, 3.63) is 52.0 Å². The SMILES string of the molecule is Cc1nc(C)c(-c2csc(NC(=O)[C@@H]3C[C@@H](c4ccccc4)CN3CC(F)(F)F)n2)s1. The smallest absolute Gasteiger partial charge is 0.301 e. The summed E-state index contributed by atoms with van der Waals surface area (Å²) in [5.41, 5.74) is 2.52. The maximum absolute atomic E-state index is 13.1. The van der Waals surface area contributed by atoms with E-state index in [1.165, 1.54) is 27.6 Å². The lowest BCUT2D eigenvalue weighted by Gasteiger charge is -2.24. The minimum Gasteiger partial charge on any atom is -0.301 e. The molecule has 31 heavy (non-hydrogen) atoms. The molecule has 1 N–H and O–H groups in total. The molecule has 0 saturated carbocycles. The van der Waals surface area contributed by atoms with Gasteiger partial charge in [-0.25, -0.2) is 9.97 Å². The number of nitrogens with one attached hydrogen (secondary N) is 1. The summed E-state index contributed by atoms with van der Waals surface area (Å²) >= 11 is 2.77. The average molecular weight is 467 g/mol. The number of anilines is 1. The molecule has 4 rings (SSSR count). The molecule has 5 nitrogen and oxygen atoms in total. The largest absolute Gasteiger partial charge is 0.401 e. The van der Waals surface area contributed by atoms with E-state index in [9.17, 15) is 18.0 Å². The molecule has 0 radical (unpaired) electrons. The number of halogens is 3. The third kappa shape index (κ3) is 5.13. The van der Waals surface area contributed by atoms with E-state index >= 15 is 0 Å². The van der Waals surface area contributed by atoms with E-state index in [-0.39, 0.29) is 12.5 Å². The zero-order valence-electron chi connectivity index (χ0n) is 16.9. The number of rotatable bonds is 5. The Morgan fingerprint density at radius 1 is 1.23 bits per heavy atom. The summed E-state index contributed by atoms with van der Waals surface area (Å²) in [6.07, 6.45) is -4.04. The fraction of sp³-hybridized carbons (Fsp3) is 0.381. The molecule has 10 heteroatoms. The van der Waals surface area contributed by atoms with E-state index in [1.54, 1.807) is 0 Å². The van der Waals surface area contributed by atoms with Crippen LogP contribution < -0.4 is 5.32 Å². The van der Waals surface area contributed by atoms with Gasteiger partial charge in [0.05, 0.1) is 33.9 Å². The van der Waals surface area contributed by atoms with Crippen LogP contribution in [0.4, 0.5) is 18.3 Å². The van der Waals surface area contributed by atoms with Gasteiger partial charge in [0.1, 0.15) is 0 Å². The van der Waals surface area contributed by atoms with Crippen LogP contribution >= 0.6 is 22.7 Å². The Balaban J connectivity index is 1.51. The number of benzene rings is 1. The van der Waals surface area contributed by atoms with Crippen LogP contribution in [0.25, 0.3) is 10.6 Å². The van der Waals surface area contributed by atoms with Crippen LogP contribution in [0.3, 0.4) is 0 Å². The molecule has 1 aliphatic rings. The standard InChI is InChI=1S/C21H21F3N4OS2/c1-12-18(31-13(2)25-12)16-10-30-20(26-16)27-19(29)17-8-15(14-6-4-3-5-7-14)9-28(17)11-21(22,23)24/h3-7,10,15,17H,8-9,11H2,1-2H3,(H,26,27,29)/t15-,17+/m1/s1. The molecular formula is C21H21F3N4OS2. The molecule has 1 aliphatic heterocycles. The van der Waals surface area contributed by atoms with Crippen molar-refractivity contribution in [3.8, 4) is 10.6 Å². The van der Waals surface area contributed by atoms with Gasteiger partial charge in [-0.2, -0.15) is 13.2 Å². The Labute approximate surface area is 186 Å². The number of aromatic nitrogens is 2. The van der Waals surface area contributed by atoms with Gasteiger partial charge in [0.2, 0.25) is 5.91 Å². The lowest BCUT2D eigenvalue weighted by atomic mass is 9.96. The van der Waals surface area contributed by atoms with E-state index in [0.717, 1.165) is 21.1 Å². The van der Waals surface area contributed by atoms with Gasteiger partial charge >= 0.3 is 6.18 Å². The lowest BCUT2D eigenvalue weighted by Crippen LogP contribution is -2.44. The first-order valence-corrected chi connectivity index (χ1v) is 11.5. The molecule has 1 aromatic carbocycles. The number of carbonyl (C=O) groups excluding carboxylic acids is 1. The highest BCUT2D eigenvalue weighted by Crippen LogP contribution is 2.35. The molecule has 1 amide bonds. The van der Waals surface area contributed by atoms with Gasteiger partial charge in [0.25, 0.3) is 0 Å². The number of aryl methyl sites for hydroxylation is 2. The van der Waals surface area contributed by atoms with Crippen molar-refractivity contribution >= 4 is 33.7 Å². The molecule has 2 atom stereocenters. The monoisotopic (exact) mass is 466 g/mol. The third-order valence-electron chi connectivity index (χ3n) is 5.23. The Bertz CT molecular complexity index is 1060. The maximum atomic E-state index is 13.1. The molecule has 0 spiro atoms. The van der Waals surface area contributed by atoms with E-state index in [1.807, 2.05) is 49.6 Å². The van der Waals surface area contributed by atoms with Gasteiger partial charge < -0.3 is 5.32 Å². The molecule has 3 aromatic rings. The summed E-state index contributed by atoms with van der Waals surface area (Å²) in [7, 11) is 0. The number of likely N-dealkylation sites (tertiary alicyclic amines) is 1. The van der Waals surface area contributed by atoms with Crippen LogP contribution in [-0.4, -0.2) is 46.1 Å². The molecule has 1 fully saturated rings. The maximum Gasteiger partial charge on any atom is 0.401 e. The average Bonchev–Trinajstić information content (AvgIpc) is 3.40. The summed E-state index contributed by atoms with van der Waals surface area (Å²) in [6.45, 7) is 2.88. The summed E-state index contributed by atoms with van der Waals surface area (Å²) in [4.78, 5) is 23.9. The van der Waals surface area contributed by atoms with Gasteiger partial charge in [0.15, 0.2) is 5.13 Å². The van der Waals surface area contributed by atoms with Gasteiger partial charge in [0, 0.05) is 11.9 Å². The van der Waals surface area contributed by atoms with Gasteiger partial charge in [-0.15, -0.1) is 22.7 Å². The Morgan fingerprint density at radius 2 is 1.97 bits per heavy atom. The molecule has 1 saturated heterocycles.